The monoisotopic (exact) mass is 389 g/mol. The maximum Gasteiger partial charge on any atom is 0.434 e. The molecule has 6 nitrogen and oxygen atoms in total. The Balaban J connectivity index is 2.40. The first kappa shape index (κ1) is 19.8. The van der Waals surface area contributed by atoms with Crippen molar-refractivity contribution >= 4 is 23.5 Å². The minimum absolute atomic E-state index is 0.0705. The van der Waals surface area contributed by atoms with Gasteiger partial charge in [-0.05, 0) is 18.2 Å². The quantitative estimate of drug-likeness (QED) is 0.737. The molecule has 2 rings (SSSR count). The predicted octanol–water partition coefficient (Wildman–Crippen LogP) is 3.18. The Hall–Kier alpha value is -2.55. The molecule has 1 aromatic carbocycles. The van der Waals surface area contributed by atoms with E-state index in [1.165, 1.54) is 38.4 Å². The van der Waals surface area contributed by atoms with Gasteiger partial charge in [-0.2, -0.15) is 18.3 Å². The molecule has 0 atom stereocenters. The first-order valence-electron chi connectivity index (χ1n) is 7.38. The molecular formula is C16H15ClF3N3O3. The fourth-order valence-corrected chi connectivity index (χ4v) is 2.43. The molecular weight excluding hydrogens is 375 g/mol. The Labute approximate surface area is 152 Å². The van der Waals surface area contributed by atoms with E-state index in [9.17, 15) is 22.8 Å². The fourth-order valence-electron chi connectivity index (χ4n) is 2.25. The third-order valence-corrected chi connectivity index (χ3v) is 3.78. The van der Waals surface area contributed by atoms with Crippen molar-refractivity contribution in [3.63, 3.8) is 0 Å². The number of rotatable bonds is 5. The number of esters is 1. The number of amides is 1. The number of aromatic nitrogens is 2. The third-order valence-electron chi connectivity index (χ3n) is 3.55. The number of hydrogen-bond donors (Lipinski definition) is 0. The fraction of sp³-hybridized carbons (Fsp3) is 0.312. The van der Waals surface area contributed by atoms with Crippen LogP contribution in [0.2, 0.25) is 5.02 Å². The summed E-state index contributed by atoms with van der Waals surface area (Å²) in [6, 6.07) is 5.68. The summed E-state index contributed by atoms with van der Waals surface area (Å²) in [6.45, 7) is -0.0921. The Morgan fingerprint density at radius 2 is 2.04 bits per heavy atom. The van der Waals surface area contributed by atoms with Gasteiger partial charge >= 0.3 is 12.1 Å². The van der Waals surface area contributed by atoms with Gasteiger partial charge in [0.2, 0.25) is 0 Å². The summed E-state index contributed by atoms with van der Waals surface area (Å²) in [5.74, 6) is -1.48. The summed E-state index contributed by atoms with van der Waals surface area (Å²) in [5.41, 5.74) is -1.76. The highest BCUT2D eigenvalue weighted by atomic mass is 35.5. The molecule has 1 heterocycles. The van der Waals surface area contributed by atoms with Crippen LogP contribution in [-0.4, -0.2) is 47.3 Å². The van der Waals surface area contributed by atoms with E-state index in [1.807, 2.05) is 0 Å². The second kappa shape index (κ2) is 7.77. The summed E-state index contributed by atoms with van der Waals surface area (Å²) in [6.07, 6.45) is -4.11. The summed E-state index contributed by atoms with van der Waals surface area (Å²) >= 11 is 5.82. The molecule has 0 saturated heterocycles. The van der Waals surface area contributed by atoms with Gasteiger partial charge in [0.1, 0.15) is 0 Å². The Kier molecular flexibility index (Phi) is 5.91. The number of carbonyl (C=O) groups is 2. The van der Waals surface area contributed by atoms with E-state index in [4.69, 9.17) is 11.6 Å². The lowest BCUT2D eigenvalue weighted by atomic mass is 10.2. The van der Waals surface area contributed by atoms with Gasteiger partial charge in [-0.25, -0.2) is 4.68 Å². The molecule has 0 fully saturated rings. The Morgan fingerprint density at radius 1 is 1.35 bits per heavy atom. The van der Waals surface area contributed by atoms with Crippen molar-refractivity contribution in [2.75, 3.05) is 20.7 Å². The second-order valence-electron chi connectivity index (χ2n) is 5.35. The van der Waals surface area contributed by atoms with Crippen LogP contribution in [0.1, 0.15) is 22.5 Å². The normalized spacial score (nSPS) is 11.3. The molecule has 10 heteroatoms. The number of methoxy groups -OCH3 is 1. The molecule has 0 aliphatic rings. The second-order valence-corrected chi connectivity index (χ2v) is 5.79. The molecule has 0 N–H and O–H groups in total. The SMILES string of the molecule is COC(=O)CCN(C)C(=O)c1cnn(-c2cccc(Cl)c2)c1C(F)(F)F. The molecule has 0 bridgehead atoms. The van der Waals surface area contributed by atoms with Crippen LogP contribution in [-0.2, 0) is 15.7 Å². The van der Waals surface area contributed by atoms with Crippen molar-refractivity contribution in [1.29, 1.82) is 0 Å². The molecule has 2 aromatic rings. The number of hydrogen-bond acceptors (Lipinski definition) is 4. The summed E-state index contributed by atoms with van der Waals surface area (Å²) in [4.78, 5) is 24.6. The maximum atomic E-state index is 13.6. The van der Waals surface area contributed by atoms with Crippen molar-refractivity contribution in [1.82, 2.24) is 14.7 Å². The standard InChI is InChI=1S/C16H15ClF3N3O3/c1-22(7-6-13(24)26-2)15(25)12-9-21-23(14(12)16(18,19)20)11-5-3-4-10(17)8-11/h3-5,8-9H,6-7H2,1-2H3. The lowest BCUT2D eigenvalue weighted by Crippen LogP contribution is -2.31. The zero-order chi connectivity index (χ0) is 19.5. The van der Waals surface area contributed by atoms with Crippen molar-refractivity contribution in [3.8, 4) is 5.69 Å². The van der Waals surface area contributed by atoms with Crippen LogP contribution in [0.15, 0.2) is 30.5 Å². The van der Waals surface area contributed by atoms with Gasteiger partial charge in [0, 0.05) is 18.6 Å². The van der Waals surface area contributed by atoms with Crippen LogP contribution >= 0.6 is 11.6 Å². The average Bonchev–Trinajstić information content (AvgIpc) is 3.04. The smallest absolute Gasteiger partial charge is 0.434 e. The molecule has 1 aromatic heterocycles. The van der Waals surface area contributed by atoms with Crippen LogP contribution in [0.4, 0.5) is 13.2 Å². The number of benzene rings is 1. The highest BCUT2D eigenvalue weighted by Gasteiger charge is 2.41. The molecule has 140 valence electrons. The van der Waals surface area contributed by atoms with Gasteiger partial charge < -0.3 is 9.64 Å². The van der Waals surface area contributed by atoms with Crippen LogP contribution in [0.25, 0.3) is 5.69 Å². The highest BCUT2D eigenvalue weighted by Crippen LogP contribution is 2.34. The maximum absolute atomic E-state index is 13.6. The molecule has 0 aliphatic heterocycles. The number of alkyl halides is 3. The van der Waals surface area contributed by atoms with E-state index in [2.05, 4.69) is 9.84 Å². The summed E-state index contributed by atoms with van der Waals surface area (Å²) in [5, 5.41) is 3.94. The molecule has 1 amide bonds. The zero-order valence-electron chi connectivity index (χ0n) is 13.9. The van der Waals surface area contributed by atoms with E-state index in [-0.39, 0.29) is 23.7 Å². The number of carbonyl (C=O) groups excluding carboxylic acids is 2. The van der Waals surface area contributed by atoms with Crippen molar-refractivity contribution < 1.29 is 27.5 Å². The van der Waals surface area contributed by atoms with Gasteiger partial charge in [0.25, 0.3) is 5.91 Å². The third kappa shape index (κ3) is 4.34. The average molecular weight is 390 g/mol. The molecule has 0 radical (unpaired) electrons. The number of nitrogens with zero attached hydrogens (tertiary/aromatic N) is 3. The van der Waals surface area contributed by atoms with E-state index >= 15 is 0 Å². The van der Waals surface area contributed by atoms with E-state index in [0.29, 0.717) is 4.68 Å². The number of halogens is 4. The Morgan fingerprint density at radius 3 is 2.62 bits per heavy atom. The van der Waals surface area contributed by atoms with Crippen LogP contribution in [0.3, 0.4) is 0 Å². The molecule has 0 unspecified atom stereocenters. The first-order valence-corrected chi connectivity index (χ1v) is 7.76. The van der Waals surface area contributed by atoms with Crippen LogP contribution in [0, 0.1) is 0 Å². The largest absolute Gasteiger partial charge is 0.469 e. The van der Waals surface area contributed by atoms with Crippen LogP contribution < -0.4 is 0 Å². The summed E-state index contributed by atoms with van der Waals surface area (Å²) < 4.78 is 45.8. The zero-order valence-corrected chi connectivity index (χ0v) is 14.6. The van der Waals surface area contributed by atoms with E-state index in [1.54, 1.807) is 0 Å². The number of ether oxygens (including phenoxy) is 1. The van der Waals surface area contributed by atoms with E-state index in [0.717, 1.165) is 11.1 Å². The predicted molar refractivity (Wildman–Crippen MR) is 87.2 cm³/mol. The topological polar surface area (TPSA) is 64.4 Å². The highest BCUT2D eigenvalue weighted by molar-refractivity contribution is 6.30. The molecule has 0 spiro atoms. The van der Waals surface area contributed by atoms with Crippen molar-refractivity contribution in [3.05, 3.63) is 46.7 Å². The van der Waals surface area contributed by atoms with Gasteiger partial charge in [0.05, 0.1) is 31.0 Å². The van der Waals surface area contributed by atoms with Gasteiger partial charge in [0.15, 0.2) is 5.69 Å². The van der Waals surface area contributed by atoms with Crippen LogP contribution in [0.5, 0.6) is 0 Å². The van der Waals surface area contributed by atoms with Gasteiger partial charge in [-0.1, -0.05) is 17.7 Å². The summed E-state index contributed by atoms with van der Waals surface area (Å²) in [7, 11) is 2.48. The minimum Gasteiger partial charge on any atom is -0.469 e. The molecule has 26 heavy (non-hydrogen) atoms. The Bertz CT molecular complexity index is 821. The van der Waals surface area contributed by atoms with E-state index < -0.39 is 29.3 Å². The van der Waals surface area contributed by atoms with Gasteiger partial charge in [-0.3, -0.25) is 9.59 Å². The van der Waals surface area contributed by atoms with Gasteiger partial charge in [-0.15, -0.1) is 0 Å². The van der Waals surface area contributed by atoms with Crippen molar-refractivity contribution in [2.45, 2.75) is 12.6 Å². The lowest BCUT2D eigenvalue weighted by molar-refractivity contribution is -0.143. The molecule has 0 aliphatic carbocycles. The van der Waals surface area contributed by atoms with Crippen molar-refractivity contribution in [2.24, 2.45) is 0 Å². The first-order chi connectivity index (χ1) is 12.1. The minimum atomic E-state index is -4.83. The molecule has 0 saturated carbocycles. The lowest BCUT2D eigenvalue weighted by Gasteiger charge is -2.18.